The molecule has 6 rings (SSSR count). The van der Waals surface area contributed by atoms with Gasteiger partial charge >= 0.3 is 5.97 Å². The maximum atomic E-state index is 14.5. The topological polar surface area (TPSA) is 208 Å². The van der Waals surface area contributed by atoms with Crippen LogP contribution in [0.4, 0.5) is 0 Å². The van der Waals surface area contributed by atoms with Crippen molar-refractivity contribution >= 4 is 29.2 Å². The first-order chi connectivity index (χ1) is 32.5. The second-order valence-electron chi connectivity index (χ2n) is 20.0. The summed E-state index contributed by atoms with van der Waals surface area (Å²) in [4.78, 5) is 73.8. The molecular formula is C51H75N5O12. The van der Waals surface area contributed by atoms with Crippen molar-refractivity contribution in [2.24, 2.45) is 29.6 Å². The minimum absolute atomic E-state index is 0.0130. The van der Waals surface area contributed by atoms with Crippen LogP contribution in [0.3, 0.4) is 0 Å². The number of allylic oxidation sites excluding steroid dienone is 6. The normalized spacial score (nSPS) is 39.6. The van der Waals surface area contributed by atoms with Gasteiger partial charge in [-0.3, -0.25) is 19.2 Å². The summed E-state index contributed by atoms with van der Waals surface area (Å²) in [6.07, 6.45) is 14.3. The highest BCUT2D eigenvalue weighted by atomic mass is 16.6. The van der Waals surface area contributed by atoms with E-state index in [2.05, 4.69) is 15.4 Å². The van der Waals surface area contributed by atoms with Gasteiger partial charge in [-0.15, -0.1) is 10.2 Å². The molecule has 376 valence electrons. The van der Waals surface area contributed by atoms with Gasteiger partial charge in [0.2, 0.25) is 5.79 Å². The number of amides is 1. The molecule has 0 aromatic carbocycles. The Hall–Kier alpha value is -4.26. The monoisotopic (exact) mass is 950 g/mol. The number of carbonyl (C=O) groups excluding carboxylic acids is 5. The van der Waals surface area contributed by atoms with Crippen LogP contribution in [-0.2, 0) is 52.4 Å². The summed E-state index contributed by atoms with van der Waals surface area (Å²) >= 11 is 0. The number of Topliss-reactive ketones (excluding diaryl/α,β-unsaturated/α-hetero) is 3. The number of nitrogens with zero attached hydrogens (tertiary/aromatic N) is 5. The first kappa shape index (κ1) is 53.1. The summed E-state index contributed by atoms with van der Waals surface area (Å²) in [7, 11) is 4.73. The maximum Gasteiger partial charge on any atom is 0.329 e. The number of hydrogen-bond acceptors (Lipinski definition) is 15. The maximum absolute atomic E-state index is 14.5. The Kier molecular flexibility index (Phi) is 18.8. The molecule has 68 heavy (non-hydrogen) atoms. The molecule has 0 radical (unpaired) electrons. The van der Waals surface area contributed by atoms with Crippen LogP contribution in [-0.4, -0.2) is 142 Å². The van der Waals surface area contributed by atoms with Crippen LogP contribution in [0.25, 0.3) is 0 Å². The van der Waals surface area contributed by atoms with E-state index in [1.807, 2.05) is 58.1 Å². The van der Waals surface area contributed by atoms with E-state index in [0.29, 0.717) is 56.9 Å². The molecule has 17 heteroatoms. The molecule has 5 heterocycles. The molecule has 4 fully saturated rings. The summed E-state index contributed by atoms with van der Waals surface area (Å²) in [5.74, 6) is -7.10. The van der Waals surface area contributed by atoms with Crippen LogP contribution < -0.4 is 0 Å². The van der Waals surface area contributed by atoms with Gasteiger partial charge in [0.05, 0.1) is 24.4 Å². The van der Waals surface area contributed by atoms with Crippen LogP contribution >= 0.6 is 0 Å². The number of aromatic nitrogens is 4. The summed E-state index contributed by atoms with van der Waals surface area (Å²) < 4.78 is 36.4. The smallest absolute Gasteiger partial charge is 0.329 e. The van der Waals surface area contributed by atoms with E-state index >= 15 is 0 Å². The van der Waals surface area contributed by atoms with E-state index in [9.17, 15) is 29.1 Å². The zero-order chi connectivity index (χ0) is 49.3. The highest BCUT2D eigenvalue weighted by molar-refractivity contribution is 6.39. The molecule has 1 N–H and O–H groups in total. The second kappa shape index (κ2) is 24.0. The van der Waals surface area contributed by atoms with Gasteiger partial charge in [-0.2, -0.15) is 4.80 Å². The van der Waals surface area contributed by atoms with E-state index in [0.717, 1.165) is 18.4 Å². The predicted octanol–water partition coefficient (Wildman–Crippen LogP) is 5.82. The summed E-state index contributed by atoms with van der Waals surface area (Å²) in [5, 5.41) is 24.2. The van der Waals surface area contributed by atoms with Crippen molar-refractivity contribution in [3.8, 4) is 0 Å². The number of fused-ring (bicyclic) bond motifs is 5. The first-order valence-electron chi connectivity index (χ1n) is 24.7. The number of hydrogen-bond donors (Lipinski definition) is 1. The molecule has 15 atom stereocenters. The lowest BCUT2D eigenvalue weighted by Gasteiger charge is -2.42. The number of ether oxygens (including phenoxy) is 6. The number of carbonyl (C=O) groups is 5. The molecule has 4 aliphatic heterocycles. The van der Waals surface area contributed by atoms with Gasteiger partial charge in [0.25, 0.3) is 11.7 Å². The van der Waals surface area contributed by atoms with Gasteiger partial charge in [-0.1, -0.05) is 64.2 Å². The van der Waals surface area contributed by atoms with E-state index in [4.69, 9.17) is 28.4 Å². The minimum atomic E-state index is -2.42. The predicted molar refractivity (Wildman–Crippen MR) is 249 cm³/mol. The van der Waals surface area contributed by atoms with E-state index in [-0.39, 0.29) is 60.9 Å². The third-order valence-electron chi connectivity index (χ3n) is 15.1. The Labute approximate surface area is 401 Å². The summed E-state index contributed by atoms with van der Waals surface area (Å²) in [6.45, 7) is 11.3. The zero-order valence-corrected chi connectivity index (χ0v) is 41.5. The molecule has 3 saturated heterocycles. The number of methoxy groups -OCH3 is 3. The third-order valence-corrected chi connectivity index (χ3v) is 15.1. The zero-order valence-electron chi connectivity index (χ0n) is 41.5. The number of tetrazole rings is 1. The average molecular weight is 950 g/mol. The number of cyclic esters (lactones) is 1. The summed E-state index contributed by atoms with van der Waals surface area (Å²) in [5.41, 5.74) is 1.57. The molecule has 17 nitrogen and oxygen atoms in total. The highest BCUT2D eigenvalue weighted by Crippen LogP contribution is 2.39. The van der Waals surface area contributed by atoms with E-state index < -0.39 is 77.9 Å². The Morgan fingerprint density at radius 3 is 2.38 bits per heavy atom. The van der Waals surface area contributed by atoms with E-state index in [1.54, 1.807) is 38.9 Å². The fourth-order valence-corrected chi connectivity index (χ4v) is 10.9. The van der Waals surface area contributed by atoms with Crippen molar-refractivity contribution < 1.29 is 57.5 Å². The van der Waals surface area contributed by atoms with Crippen molar-refractivity contribution in [3.63, 3.8) is 0 Å². The minimum Gasteiger partial charge on any atom is -0.460 e. The molecule has 1 aromatic heterocycles. The van der Waals surface area contributed by atoms with Crippen molar-refractivity contribution in [1.82, 2.24) is 25.1 Å². The molecule has 1 aliphatic carbocycles. The quantitative estimate of drug-likeness (QED) is 0.194. The molecule has 5 aliphatic rings. The average Bonchev–Trinajstić information content (AvgIpc) is 3.98. The van der Waals surface area contributed by atoms with Crippen LogP contribution in [0.15, 0.2) is 53.9 Å². The Morgan fingerprint density at radius 2 is 1.68 bits per heavy atom. The molecule has 1 amide bonds. The van der Waals surface area contributed by atoms with Gasteiger partial charge < -0.3 is 38.4 Å². The van der Waals surface area contributed by atoms with Crippen molar-refractivity contribution in [2.45, 2.75) is 179 Å². The first-order valence-corrected chi connectivity index (χ1v) is 24.7. The van der Waals surface area contributed by atoms with Crippen LogP contribution in [0, 0.1) is 29.6 Å². The standard InChI is InChI=1S/C51H75N5O12/c1-30-15-11-10-12-16-31(2)41(63-7)27-37-20-18-35(6)51(62,68-37)48(59)49(60)55-22-14-13-17-39(55)50(61)67-42(33(4)25-36-19-21-38(43(26-36)64-8)56-53-29-52-54-56)28-40(57)32(3)24-34(5)46-47(65-9)45(58)44(23-30)66-46/h10-12,15-16,24,29-30,32-33,35-39,41-44,46-47,62H,13-14,17-23,25-28H2,1-9H3/b12-10+,15-11+,31-16+,34-24+/t30-,32?,33-,35?,36?,37+,38?,39?,41+,42+,43?,44?,46-,47?,51?/m1/s1. The Balaban J connectivity index is 1.30. The number of esters is 1. The third kappa shape index (κ3) is 12.5. The Morgan fingerprint density at radius 1 is 0.897 bits per heavy atom. The van der Waals surface area contributed by atoms with Gasteiger partial charge in [0.15, 0.2) is 12.1 Å². The second-order valence-corrected chi connectivity index (χ2v) is 20.0. The fourth-order valence-electron chi connectivity index (χ4n) is 10.9. The number of piperidine rings is 1. The van der Waals surface area contributed by atoms with Crippen LogP contribution in [0.2, 0.25) is 0 Å². The number of ketones is 3. The fraction of sp³-hybridized carbons (Fsp3) is 0.725. The van der Waals surface area contributed by atoms with Crippen molar-refractivity contribution in [3.05, 3.63) is 53.9 Å². The molecule has 0 spiro atoms. The van der Waals surface area contributed by atoms with Gasteiger partial charge in [0, 0.05) is 52.6 Å². The molecule has 1 saturated carbocycles. The van der Waals surface area contributed by atoms with Crippen molar-refractivity contribution in [1.29, 1.82) is 0 Å². The largest absolute Gasteiger partial charge is 0.460 e. The molecule has 9 unspecified atom stereocenters. The van der Waals surface area contributed by atoms with Gasteiger partial charge in [-0.25, -0.2) is 4.79 Å². The van der Waals surface area contributed by atoms with Gasteiger partial charge in [-0.05, 0) is 112 Å². The van der Waals surface area contributed by atoms with Crippen LogP contribution in [0.1, 0.15) is 125 Å². The lowest BCUT2D eigenvalue weighted by atomic mass is 9.77. The van der Waals surface area contributed by atoms with Crippen LogP contribution in [0.5, 0.6) is 0 Å². The lowest BCUT2D eigenvalue weighted by molar-refractivity contribution is -0.265. The molecular weight excluding hydrogens is 875 g/mol. The number of aliphatic hydroxyl groups is 1. The number of rotatable bonds is 7. The molecule has 1 aromatic rings. The SMILES string of the molecule is COC1CC(C[C@@H](C)[C@@H]2CC(=O)C(C)/C=C(\C)[C@H]3OC(C[C@H](C)/C=C/C=C/C=C(\C)[C@@H](OC)C[C@@H]4CCC(C)C(O)(O4)C(=O)C(=O)N4CCCCC4C(=O)O2)C(=O)C3OC)CCC1n1ncnn1. The lowest BCUT2D eigenvalue weighted by Crippen LogP contribution is -2.61. The highest BCUT2D eigenvalue weighted by Gasteiger charge is 2.53. The van der Waals surface area contributed by atoms with E-state index in [1.165, 1.54) is 18.3 Å². The Bertz CT molecular complexity index is 2040. The summed E-state index contributed by atoms with van der Waals surface area (Å²) in [6, 6.07) is -1.21. The molecule has 4 bridgehead atoms. The van der Waals surface area contributed by atoms with Gasteiger partial charge in [0.1, 0.15) is 36.2 Å². The van der Waals surface area contributed by atoms with Crippen molar-refractivity contribution in [2.75, 3.05) is 27.9 Å².